The highest BCUT2D eigenvalue weighted by Crippen LogP contribution is 2.06. The van der Waals surface area contributed by atoms with Crippen LogP contribution < -0.4 is 5.56 Å². The molecule has 2 heterocycles. The predicted octanol–water partition coefficient (Wildman–Crippen LogP) is 1.51. The van der Waals surface area contributed by atoms with Crippen LogP contribution in [-0.2, 0) is 0 Å². The number of nitrogens with zero attached hydrogens (tertiary/aromatic N) is 2. The number of hydrogen-bond donors (Lipinski definition) is 1. The molecular formula is C9H8FN3OS. The Balaban J connectivity index is 3.06. The number of aromatic nitrogens is 3. The Hall–Kier alpha value is -1.56. The summed E-state index contributed by atoms with van der Waals surface area (Å²) in [6, 6.07) is 0. The van der Waals surface area contributed by atoms with Crippen molar-refractivity contribution in [3.63, 3.8) is 0 Å². The van der Waals surface area contributed by atoms with Crippen molar-refractivity contribution in [3.8, 4) is 0 Å². The monoisotopic (exact) mass is 225 g/mol. The van der Waals surface area contributed by atoms with Crippen LogP contribution in [0.15, 0.2) is 11.0 Å². The molecule has 0 aliphatic rings. The summed E-state index contributed by atoms with van der Waals surface area (Å²) in [5, 5.41) is 0. The Kier molecular flexibility index (Phi) is 2.15. The minimum atomic E-state index is -0.800. The number of H-pyrrole nitrogens is 1. The highest BCUT2D eigenvalue weighted by Gasteiger charge is 2.08. The number of rotatable bonds is 0. The van der Waals surface area contributed by atoms with E-state index in [2.05, 4.69) is 9.97 Å². The van der Waals surface area contributed by atoms with Crippen LogP contribution >= 0.6 is 12.2 Å². The quantitative estimate of drug-likeness (QED) is 0.691. The SMILES string of the molecule is Cc1cn2c(C)c(F)c(=O)[nH]c2nc1=S. The molecule has 1 N–H and O–H groups in total. The van der Waals surface area contributed by atoms with Gasteiger partial charge in [-0.25, -0.2) is 4.98 Å². The zero-order valence-corrected chi connectivity index (χ0v) is 8.98. The van der Waals surface area contributed by atoms with E-state index < -0.39 is 11.4 Å². The van der Waals surface area contributed by atoms with Gasteiger partial charge in [-0.2, -0.15) is 4.39 Å². The van der Waals surface area contributed by atoms with Crippen molar-refractivity contribution in [3.05, 3.63) is 38.3 Å². The lowest BCUT2D eigenvalue weighted by atomic mass is 10.3. The summed E-state index contributed by atoms with van der Waals surface area (Å²) in [4.78, 5) is 17.4. The highest BCUT2D eigenvalue weighted by atomic mass is 32.1. The van der Waals surface area contributed by atoms with Crippen LogP contribution in [-0.4, -0.2) is 14.4 Å². The van der Waals surface area contributed by atoms with Crippen LogP contribution in [0, 0.1) is 24.3 Å². The molecule has 2 aromatic heterocycles. The molecule has 15 heavy (non-hydrogen) atoms. The Morgan fingerprint density at radius 2 is 2.20 bits per heavy atom. The third-order valence-electron chi connectivity index (χ3n) is 2.20. The molecule has 0 fully saturated rings. The Bertz CT molecular complexity index is 653. The van der Waals surface area contributed by atoms with E-state index in [1.54, 1.807) is 13.1 Å². The van der Waals surface area contributed by atoms with Crippen molar-refractivity contribution >= 4 is 18.0 Å². The first-order chi connectivity index (χ1) is 7.00. The van der Waals surface area contributed by atoms with Crippen LogP contribution in [0.5, 0.6) is 0 Å². The minimum absolute atomic E-state index is 0.222. The maximum atomic E-state index is 13.3. The second kappa shape index (κ2) is 3.23. The largest absolute Gasteiger partial charge is 0.289 e. The number of aromatic amines is 1. The lowest BCUT2D eigenvalue weighted by molar-refractivity contribution is 0.584. The zero-order chi connectivity index (χ0) is 11.2. The fourth-order valence-electron chi connectivity index (χ4n) is 1.32. The summed E-state index contributed by atoms with van der Waals surface area (Å²) in [6.45, 7) is 3.30. The standard InChI is InChI=1S/C9H8FN3OS/c1-4-3-13-5(2)6(10)7(14)11-9(13)12-8(4)15/h3H,1-2H3,(H,11,12,14,15). The molecule has 4 nitrogen and oxygen atoms in total. The van der Waals surface area contributed by atoms with Gasteiger partial charge in [-0.15, -0.1) is 0 Å². The molecular weight excluding hydrogens is 217 g/mol. The lowest BCUT2D eigenvalue weighted by Gasteiger charge is -2.05. The van der Waals surface area contributed by atoms with E-state index in [1.807, 2.05) is 0 Å². The van der Waals surface area contributed by atoms with Gasteiger partial charge < -0.3 is 0 Å². The highest BCUT2D eigenvalue weighted by molar-refractivity contribution is 7.71. The Labute approximate surface area is 89.4 Å². The van der Waals surface area contributed by atoms with Crippen molar-refractivity contribution in [2.24, 2.45) is 0 Å². The van der Waals surface area contributed by atoms with E-state index in [0.29, 0.717) is 4.64 Å². The minimum Gasteiger partial charge on any atom is -0.289 e. The molecule has 78 valence electrons. The van der Waals surface area contributed by atoms with Crippen LogP contribution in [0.1, 0.15) is 11.3 Å². The summed E-state index contributed by atoms with van der Waals surface area (Å²) < 4.78 is 15.1. The van der Waals surface area contributed by atoms with Gasteiger partial charge >= 0.3 is 0 Å². The van der Waals surface area contributed by atoms with Crippen molar-refractivity contribution < 1.29 is 4.39 Å². The fourth-order valence-corrected chi connectivity index (χ4v) is 1.46. The van der Waals surface area contributed by atoms with Crippen molar-refractivity contribution in [1.29, 1.82) is 0 Å². The Morgan fingerprint density at radius 1 is 1.53 bits per heavy atom. The normalized spacial score (nSPS) is 10.9. The van der Waals surface area contributed by atoms with Gasteiger partial charge in [-0.1, -0.05) is 12.2 Å². The molecule has 2 rings (SSSR count). The molecule has 0 aliphatic heterocycles. The van der Waals surface area contributed by atoms with Gasteiger partial charge in [0.25, 0.3) is 5.56 Å². The van der Waals surface area contributed by atoms with E-state index in [-0.39, 0.29) is 11.5 Å². The average molecular weight is 225 g/mol. The molecule has 0 radical (unpaired) electrons. The van der Waals surface area contributed by atoms with Crippen LogP contribution in [0.3, 0.4) is 0 Å². The van der Waals surface area contributed by atoms with E-state index in [4.69, 9.17) is 12.2 Å². The van der Waals surface area contributed by atoms with E-state index in [9.17, 15) is 9.18 Å². The van der Waals surface area contributed by atoms with Gasteiger partial charge in [-0.3, -0.25) is 14.2 Å². The average Bonchev–Trinajstić information content (AvgIpc) is 2.19. The van der Waals surface area contributed by atoms with Gasteiger partial charge in [0.05, 0.1) is 5.69 Å². The van der Waals surface area contributed by atoms with Gasteiger partial charge in [0.1, 0.15) is 4.64 Å². The van der Waals surface area contributed by atoms with Crippen LogP contribution in [0.25, 0.3) is 5.78 Å². The predicted molar refractivity (Wildman–Crippen MR) is 56.1 cm³/mol. The fraction of sp³-hybridized carbons (Fsp3) is 0.222. The smallest absolute Gasteiger partial charge is 0.288 e. The summed E-state index contributed by atoms with van der Waals surface area (Å²) in [6.07, 6.45) is 1.65. The van der Waals surface area contributed by atoms with Crippen LogP contribution in [0.2, 0.25) is 0 Å². The van der Waals surface area contributed by atoms with Gasteiger partial charge in [0.15, 0.2) is 0 Å². The molecule has 6 heteroatoms. The van der Waals surface area contributed by atoms with Crippen molar-refractivity contribution in [2.45, 2.75) is 13.8 Å². The topological polar surface area (TPSA) is 50.2 Å². The summed E-state index contributed by atoms with van der Waals surface area (Å²) in [7, 11) is 0. The zero-order valence-electron chi connectivity index (χ0n) is 8.17. The number of aryl methyl sites for hydroxylation is 2. The van der Waals surface area contributed by atoms with Gasteiger partial charge in [0.2, 0.25) is 11.6 Å². The number of nitrogens with one attached hydrogen (secondary N) is 1. The maximum absolute atomic E-state index is 13.3. The van der Waals surface area contributed by atoms with Gasteiger partial charge in [0, 0.05) is 11.8 Å². The van der Waals surface area contributed by atoms with Crippen molar-refractivity contribution in [1.82, 2.24) is 14.4 Å². The lowest BCUT2D eigenvalue weighted by Crippen LogP contribution is -2.18. The first-order valence-electron chi connectivity index (χ1n) is 4.29. The molecule has 0 atom stereocenters. The summed E-state index contributed by atoms with van der Waals surface area (Å²) >= 11 is 4.96. The van der Waals surface area contributed by atoms with E-state index in [0.717, 1.165) is 5.56 Å². The molecule has 0 saturated heterocycles. The van der Waals surface area contributed by atoms with Crippen molar-refractivity contribution in [2.75, 3.05) is 0 Å². The molecule has 0 saturated carbocycles. The number of halogens is 1. The molecule has 0 spiro atoms. The first kappa shape index (κ1) is 9.97. The second-order valence-corrected chi connectivity index (χ2v) is 3.66. The third kappa shape index (κ3) is 1.46. The molecule has 0 aromatic carbocycles. The first-order valence-corrected chi connectivity index (χ1v) is 4.70. The van der Waals surface area contributed by atoms with E-state index in [1.165, 1.54) is 11.3 Å². The maximum Gasteiger partial charge on any atom is 0.288 e. The molecule has 0 aliphatic carbocycles. The number of hydrogen-bond acceptors (Lipinski definition) is 3. The summed E-state index contributed by atoms with van der Waals surface area (Å²) in [5.74, 6) is -0.541. The van der Waals surface area contributed by atoms with Gasteiger partial charge in [-0.05, 0) is 13.8 Å². The molecule has 0 amide bonds. The Morgan fingerprint density at radius 3 is 2.87 bits per heavy atom. The molecule has 2 aromatic rings. The van der Waals surface area contributed by atoms with Crippen LogP contribution in [0.4, 0.5) is 4.39 Å². The summed E-state index contributed by atoms with van der Waals surface area (Å²) in [5.41, 5.74) is 0.203. The van der Waals surface area contributed by atoms with E-state index >= 15 is 0 Å². The second-order valence-electron chi connectivity index (χ2n) is 3.28. The third-order valence-corrected chi connectivity index (χ3v) is 2.61. The number of fused-ring (bicyclic) bond motifs is 1. The molecule has 0 bridgehead atoms. The molecule has 0 unspecified atom stereocenters.